The summed E-state index contributed by atoms with van der Waals surface area (Å²) in [7, 11) is 0.500. The van der Waals surface area contributed by atoms with Crippen LogP contribution >= 0.6 is 0 Å². The lowest BCUT2D eigenvalue weighted by atomic mass is 10.00. The van der Waals surface area contributed by atoms with Crippen molar-refractivity contribution in [3.63, 3.8) is 0 Å². The highest BCUT2D eigenvalue weighted by Crippen LogP contribution is 2.33. The number of rotatable bonds is 5. The highest BCUT2D eigenvalue weighted by Gasteiger charge is 2.51. The van der Waals surface area contributed by atoms with E-state index in [1.165, 1.54) is 6.26 Å². The first-order chi connectivity index (χ1) is 14.5. The number of nitrogens with zero attached hydrogens (tertiary/aromatic N) is 1. The SMILES string of the molecule is CF.C\C=C/C=C1/C(=O)N(C2(O)CCC(=O)NC2=O)C/C1=C\OCc1ccccc1. The van der Waals surface area contributed by atoms with Crippen molar-refractivity contribution in [1.29, 1.82) is 0 Å². The zero-order valence-electron chi connectivity index (χ0n) is 16.9. The molecule has 2 aliphatic heterocycles. The zero-order valence-corrected chi connectivity index (χ0v) is 16.9. The number of allylic oxidation sites excluding steroid dienone is 3. The number of nitrogens with one attached hydrogen (secondary N) is 1. The van der Waals surface area contributed by atoms with Crippen LogP contribution in [0.4, 0.5) is 4.39 Å². The molecule has 7 nitrogen and oxygen atoms in total. The smallest absolute Gasteiger partial charge is 0.279 e. The van der Waals surface area contributed by atoms with Crippen molar-refractivity contribution in [2.45, 2.75) is 32.1 Å². The third-order valence-electron chi connectivity index (χ3n) is 4.69. The van der Waals surface area contributed by atoms with Gasteiger partial charge in [0.2, 0.25) is 11.6 Å². The van der Waals surface area contributed by atoms with E-state index in [2.05, 4.69) is 5.32 Å². The number of alkyl halides is 1. The van der Waals surface area contributed by atoms with Crippen molar-refractivity contribution < 1.29 is 28.6 Å². The number of piperidine rings is 1. The van der Waals surface area contributed by atoms with Gasteiger partial charge in [-0.1, -0.05) is 42.5 Å². The van der Waals surface area contributed by atoms with E-state index in [1.807, 2.05) is 37.3 Å². The molecule has 30 heavy (non-hydrogen) atoms. The summed E-state index contributed by atoms with van der Waals surface area (Å²) >= 11 is 0. The maximum atomic E-state index is 12.9. The second kappa shape index (κ2) is 10.5. The van der Waals surface area contributed by atoms with Crippen LogP contribution in [0, 0.1) is 0 Å². The Labute approximate surface area is 174 Å². The number of carbonyl (C=O) groups is 3. The van der Waals surface area contributed by atoms with Gasteiger partial charge in [0.15, 0.2) is 0 Å². The minimum absolute atomic E-state index is 0.00905. The van der Waals surface area contributed by atoms with Crippen molar-refractivity contribution in [3.05, 3.63) is 71.5 Å². The van der Waals surface area contributed by atoms with Gasteiger partial charge in [0.05, 0.1) is 20.0 Å². The molecule has 2 saturated heterocycles. The first-order valence-corrected chi connectivity index (χ1v) is 9.40. The van der Waals surface area contributed by atoms with Crippen LogP contribution in [0.3, 0.4) is 0 Å². The van der Waals surface area contributed by atoms with Crippen LogP contribution in [0.25, 0.3) is 0 Å². The number of aliphatic hydroxyl groups is 1. The van der Waals surface area contributed by atoms with Crippen molar-refractivity contribution in [2.24, 2.45) is 0 Å². The Balaban J connectivity index is 0.00000155. The fourth-order valence-corrected chi connectivity index (χ4v) is 3.14. The van der Waals surface area contributed by atoms with Crippen LogP contribution < -0.4 is 5.32 Å². The molecule has 0 aliphatic carbocycles. The Hall–Kier alpha value is -3.26. The molecule has 3 rings (SSSR count). The molecule has 0 spiro atoms. The third-order valence-corrected chi connectivity index (χ3v) is 4.69. The highest BCUT2D eigenvalue weighted by atomic mass is 19.1. The predicted molar refractivity (Wildman–Crippen MR) is 108 cm³/mol. The number of ether oxygens (including phenoxy) is 1. The summed E-state index contributed by atoms with van der Waals surface area (Å²) in [5, 5.41) is 12.9. The number of hydrogen-bond acceptors (Lipinski definition) is 5. The van der Waals surface area contributed by atoms with E-state index in [4.69, 9.17) is 4.74 Å². The Bertz CT molecular complexity index is 879. The average molecular weight is 416 g/mol. The van der Waals surface area contributed by atoms with Crippen LogP contribution in [-0.4, -0.2) is 47.2 Å². The molecule has 3 amide bonds. The molecule has 0 bridgehead atoms. The van der Waals surface area contributed by atoms with Gasteiger partial charge in [0.1, 0.15) is 6.61 Å². The summed E-state index contributed by atoms with van der Waals surface area (Å²) in [6.07, 6.45) is 6.40. The minimum Gasteiger partial charge on any atom is -0.496 e. The number of carbonyl (C=O) groups excluding carboxylic acids is 3. The minimum atomic E-state index is -2.06. The molecule has 1 atom stereocenters. The molecule has 1 unspecified atom stereocenters. The summed E-state index contributed by atoms with van der Waals surface area (Å²) in [6.45, 7) is 2.15. The Morgan fingerprint density at radius 3 is 2.57 bits per heavy atom. The molecular formula is C22H25FN2O5. The van der Waals surface area contributed by atoms with E-state index in [9.17, 15) is 23.9 Å². The zero-order chi connectivity index (χ0) is 22.1. The van der Waals surface area contributed by atoms with Gasteiger partial charge in [0, 0.05) is 24.0 Å². The summed E-state index contributed by atoms with van der Waals surface area (Å²) in [5.74, 6) is -1.83. The van der Waals surface area contributed by atoms with Gasteiger partial charge in [-0.3, -0.25) is 29.0 Å². The summed E-state index contributed by atoms with van der Waals surface area (Å²) < 4.78 is 15.1. The van der Waals surface area contributed by atoms with E-state index in [-0.39, 0.29) is 19.4 Å². The van der Waals surface area contributed by atoms with E-state index in [0.717, 1.165) is 10.5 Å². The van der Waals surface area contributed by atoms with Crippen LogP contribution in [0.5, 0.6) is 0 Å². The van der Waals surface area contributed by atoms with Gasteiger partial charge in [-0.2, -0.15) is 0 Å². The Kier molecular flexibility index (Phi) is 8.06. The lowest BCUT2D eigenvalue weighted by molar-refractivity contribution is -0.177. The van der Waals surface area contributed by atoms with Crippen LogP contribution in [0.15, 0.2) is 66.0 Å². The molecule has 1 aromatic carbocycles. The Morgan fingerprint density at radius 1 is 1.23 bits per heavy atom. The fraction of sp³-hybridized carbons (Fsp3) is 0.318. The second-order valence-electron chi connectivity index (χ2n) is 6.63. The molecule has 160 valence electrons. The first-order valence-electron chi connectivity index (χ1n) is 9.40. The predicted octanol–water partition coefficient (Wildman–Crippen LogP) is 2.14. The van der Waals surface area contributed by atoms with Crippen LogP contribution in [0.2, 0.25) is 0 Å². The van der Waals surface area contributed by atoms with Crippen molar-refractivity contribution >= 4 is 17.7 Å². The summed E-state index contributed by atoms with van der Waals surface area (Å²) in [4.78, 5) is 37.6. The molecule has 2 aliphatic rings. The van der Waals surface area contributed by atoms with Crippen molar-refractivity contribution in [1.82, 2.24) is 10.2 Å². The fourth-order valence-electron chi connectivity index (χ4n) is 3.14. The number of benzene rings is 1. The molecule has 0 saturated carbocycles. The van der Waals surface area contributed by atoms with E-state index < -0.39 is 23.4 Å². The number of halogens is 1. The number of likely N-dealkylation sites (tertiary alicyclic amines) is 1. The second-order valence-corrected chi connectivity index (χ2v) is 6.63. The largest absolute Gasteiger partial charge is 0.496 e. The number of imide groups is 1. The lowest BCUT2D eigenvalue weighted by Gasteiger charge is -2.37. The summed E-state index contributed by atoms with van der Waals surface area (Å²) in [5.41, 5.74) is -0.195. The van der Waals surface area contributed by atoms with E-state index in [1.54, 1.807) is 18.2 Å². The molecule has 2 fully saturated rings. The maximum absolute atomic E-state index is 12.9. The Morgan fingerprint density at radius 2 is 1.93 bits per heavy atom. The quantitative estimate of drug-likeness (QED) is 0.436. The molecule has 0 radical (unpaired) electrons. The molecule has 0 aromatic heterocycles. The number of hydrogen-bond donors (Lipinski definition) is 2. The van der Waals surface area contributed by atoms with E-state index in [0.29, 0.717) is 24.9 Å². The van der Waals surface area contributed by atoms with Gasteiger partial charge in [-0.25, -0.2) is 0 Å². The topological polar surface area (TPSA) is 95.9 Å². The standard InChI is InChI=1S/C21H22N2O5.CH3F/c1-2-3-9-17-16(14-28-13-15-7-5-4-6-8-15)12-23(19(17)25)21(27)11-10-18(24)22-20(21)26;1-2/h2-9,14,27H,10-13H2,1H3,(H,22,24,26);1H3/b3-2-,16-14+,17-9+;. The lowest BCUT2D eigenvalue weighted by Crippen LogP contribution is -2.63. The van der Waals surface area contributed by atoms with Gasteiger partial charge in [-0.05, 0) is 18.6 Å². The third kappa shape index (κ3) is 5.01. The maximum Gasteiger partial charge on any atom is 0.279 e. The van der Waals surface area contributed by atoms with E-state index >= 15 is 0 Å². The van der Waals surface area contributed by atoms with Gasteiger partial charge in [0.25, 0.3) is 11.8 Å². The average Bonchev–Trinajstić information content (AvgIpc) is 3.07. The molecular weight excluding hydrogens is 391 g/mol. The monoisotopic (exact) mass is 416 g/mol. The molecule has 1 aromatic rings. The van der Waals surface area contributed by atoms with Crippen LogP contribution in [0.1, 0.15) is 25.3 Å². The molecule has 8 heteroatoms. The van der Waals surface area contributed by atoms with Gasteiger partial charge in [-0.15, -0.1) is 0 Å². The molecule has 2 N–H and O–H groups in total. The normalized spacial score (nSPS) is 24.3. The van der Waals surface area contributed by atoms with Gasteiger partial charge < -0.3 is 9.84 Å². The van der Waals surface area contributed by atoms with Crippen molar-refractivity contribution in [2.75, 3.05) is 13.7 Å². The van der Waals surface area contributed by atoms with Gasteiger partial charge >= 0.3 is 0 Å². The van der Waals surface area contributed by atoms with Crippen molar-refractivity contribution in [3.8, 4) is 0 Å². The van der Waals surface area contributed by atoms with Crippen LogP contribution in [-0.2, 0) is 25.7 Å². The highest BCUT2D eigenvalue weighted by molar-refractivity contribution is 6.08. The first kappa shape index (κ1) is 23.0. The summed E-state index contributed by atoms with van der Waals surface area (Å²) in [6, 6.07) is 9.57. The molecule has 2 heterocycles. The number of amides is 3.